The standard InChI is InChI=1S/C23H27ClN4O5/c1-4-16-20(24)27-21(25-16)22(30)26-17-11-12-28(13-18(17)32-2)19(29)10-7-14-5-8-15(9-6-14)23(31)33-3/h5-10,17-18H,4,11-13H2,1-3H3,(H,25,27)(H,26,30)/b10-7+/t17-,18+/m1/s1. The van der Waals surface area contributed by atoms with E-state index in [1.165, 1.54) is 13.2 Å². The van der Waals surface area contributed by atoms with Gasteiger partial charge >= 0.3 is 5.97 Å². The predicted molar refractivity (Wildman–Crippen MR) is 123 cm³/mol. The molecular weight excluding hydrogens is 448 g/mol. The zero-order chi connectivity index (χ0) is 24.0. The molecule has 1 aliphatic rings. The van der Waals surface area contributed by atoms with Gasteiger partial charge in [-0.25, -0.2) is 9.78 Å². The average Bonchev–Trinajstić information content (AvgIpc) is 3.23. The van der Waals surface area contributed by atoms with Gasteiger partial charge in [0.05, 0.1) is 30.5 Å². The quantitative estimate of drug-likeness (QED) is 0.470. The van der Waals surface area contributed by atoms with Crippen LogP contribution in [0.1, 0.15) is 45.6 Å². The molecule has 2 atom stereocenters. The summed E-state index contributed by atoms with van der Waals surface area (Å²) in [6.45, 7) is 2.72. The highest BCUT2D eigenvalue weighted by Gasteiger charge is 2.32. The number of piperidine rings is 1. The molecule has 2 N–H and O–H groups in total. The Morgan fingerprint density at radius 3 is 2.61 bits per heavy atom. The molecule has 2 amide bonds. The number of aromatic nitrogens is 2. The molecule has 10 heteroatoms. The number of imidazole rings is 1. The number of ether oxygens (including phenoxy) is 2. The lowest BCUT2D eigenvalue weighted by atomic mass is 10.0. The van der Waals surface area contributed by atoms with Gasteiger partial charge < -0.3 is 24.7 Å². The lowest BCUT2D eigenvalue weighted by Crippen LogP contribution is -2.55. The number of benzene rings is 1. The number of halogens is 1. The van der Waals surface area contributed by atoms with Crippen molar-refractivity contribution < 1.29 is 23.9 Å². The van der Waals surface area contributed by atoms with Gasteiger partial charge in [-0.2, -0.15) is 0 Å². The third-order valence-electron chi connectivity index (χ3n) is 5.54. The minimum Gasteiger partial charge on any atom is -0.465 e. The summed E-state index contributed by atoms with van der Waals surface area (Å²) in [5.74, 6) is -0.780. The van der Waals surface area contributed by atoms with Gasteiger partial charge in [-0.05, 0) is 36.6 Å². The summed E-state index contributed by atoms with van der Waals surface area (Å²) in [5.41, 5.74) is 1.93. The molecule has 9 nitrogen and oxygen atoms in total. The lowest BCUT2D eigenvalue weighted by Gasteiger charge is -2.37. The zero-order valence-electron chi connectivity index (χ0n) is 18.8. The molecule has 1 saturated heterocycles. The number of methoxy groups -OCH3 is 2. The number of amides is 2. The van der Waals surface area contributed by atoms with Crippen molar-refractivity contribution in [3.05, 3.63) is 58.1 Å². The predicted octanol–water partition coefficient (Wildman–Crippen LogP) is 2.47. The molecule has 1 aliphatic heterocycles. The Hall–Kier alpha value is -3.17. The first-order chi connectivity index (χ1) is 15.9. The van der Waals surface area contributed by atoms with E-state index >= 15 is 0 Å². The first-order valence-electron chi connectivity index (χ1n) is 10.6. The van der Waals surface area contributed by atoms with Gasteiger partial charge in [0.1, 0.15) is 0 Å². The topological polar surface area (TPSA) is 114 Å². The Balaban J connectivity index is 1.57. The van der Waals surface area contributed by atoms with Crippen LogP contribution in [0.4, 0.5) is 0 Å². The van der Waals surface area contributed by atoms with E-state index in [2.05, 4.69) is 20.0 Å². The molecule has 0 radical (unpaired) electrons. The minimum absolute atomic E-state index is 0.159. The minimum atomic E-state index is -0.414. The molecule has 3 rings (SSSR count). The van der Waals surface area contributed by atoms with Crippen LogP contribution in [0.25, 0.3) is 6.08 Å². The molecule has 0 unspecified atom stereocenters. The van der Waals surface area contributed by atoms with Gasteiger partial charge in [-0.3, -0.25) is 9.59 Å². The number of H-pyrrole nitrogens is 1. The monoisotopic (exact) mass is 474 g/mol. The van der Waals surface area contributed by atoms with E-state index in [-0.39, 0.29) is 34.9 Å². The van der Waals surface area contributed by atoms with Crippen LogP contribution < -0.4 is 5.32 Å². The van der Waals surface area contributed by atoms with Crippen LogP contribution in [-0.4, -0.2) is 72.1 Å². The van der Waals surface area contributed by atoms with E-state index in [9.17, 15) is 14.4 Å². The first kappa shape index (κ1) is 24.5. The third kappa shape index (κ3) is 6.00. The first-order valence-corrected chi connectivity index (χ1v) is 11.0. The highest BCUT2D eigenvalue weighted by molar-refractivity contribution is 6.30. The van der Waals surface area contributed by atoms with Gasteiger partial charge in [-0.1, -0.05) is 30.7 Å². The molecule has 1 aromatic carbocycles. The Bertz CT molecular complexity index is 1030. The number of likely N-dealkylation sites (tertiary alicyclic amines) is 1. The summed E-state index contributed by atoms with van der Waals surface area (Å²) >= 11 is 6.03. The molecule has 1 aromatic heterocycles. The summed E-state index contributed by atoms with van der Waals surface area (Å²) in [6.07, 6.45) is 3.98. The van der Waals surface area contributed by atoms with Crippen LogP contribution in [0.5, 0.6) is 0 Å². The highest BCUT2D eigenvalue weighted by atomic mass is 35.5. The number of nitrogens with zero attached hydrogens (tertiary/aromatic N) is 2. The summed E-state index contributed by atoms with van der Waals surface area (Å²) in [6, 6.07) is 6.48. The maximum atomic E-state index is 12.7. The van der Waals surface area contributed by atoms with E-state index in [1.807, 2.05) is 6.92 Å². The van der Waals surface area contributed by atoms with Crippen molar-refractivity contribution in [1.29, 1.82) is 0 Å². The molecule has 1 fully saturated rings. The number of rotatable bonds is 7. The van der Waals surface area contributed by atoms with Crippen LogP contribution >= 0.6 is 11.6 Å². The number of aromatic amines is 1. The van der Waals surface area contributed by atoms with Crippen LogP contribution in [0.3, 0.4) is 0 Å². The second kappa shape index (κ2) is 11.1. The van der Waals surface area contributed by atoms with Crippen LogP contribution in [-0.2, 0) is 20.7 Å². The zero-order valence-corrected chi connectivity index (χ0v) is 19.5. The van der Waals surface area contributed by atoms with Gasteiger partial charge in [-0.15, -0.1) is 0 Å². The fourth-order valence-corrected chi connectivity index (χ4v) is 3.87. The Morgan fingerprint density at radius 2 is 2.00 bits per heavy atom. The Morgan fingerprint density at radius 1 is 1.27 bits per heavy atom. The summed E-state index contributed by atoms with van der Waals surface area (Å²) in [5, 5.41) is 3.22. The van der Waals surface area contributed by atoms with Gasteiger partial charge in [0, 0.05) is 26.3 Å². The largest absolute Gasteiger partial charge is 0.465 e. The molecular formula is C23H27ClN4O5. The van der Waals surface area contributed by atoms with Crippen LogP contribution in [0, 0.1) is 0 Å². The van der Waals surface area contributed by atoms with Crippen molar-refractivity contribution >= 4 is 35.5 Å². The SMILES string of the molecule is CCc1[nH]c(C(=O)N[C@@H]2CCN(C(=O)/C=C/c3ccc(C(=O)OC)cc3)C[C@@H]2OC)nc1Cl. The summed E-state index contributed by atoms with van der Waals surface area (Å²) in [7, 11) is 2.88. The normalized spacial score (nSPS) is 18.4. The number of nitrogens with one attached hydrogen (secondary N) is 2. The number of carbonyl (C=O) groups excluding carboxylic acids is 3. The van der Waals surface area contributed by atoms with Gasteiger partial charge in [0.25, 0.3) is 5.91 Å². The van der Waals surface area contributed by atoms with E-state index in [0.717, 1.165) is 5.56 Å². The van der Waals surface area contributed by atoms with E-state index in [0.29, 0.717) is 37.2 Å². The molecule has 2 aromatic rings. The van der Waals surface area contributed by atoms with E-state index < -0.39 is 5.97 Å². The van der Waals surface area contributed by atoms with E-state index in [1.54, 1.807) is 42.4 Å². The van der Waals surface area contributed by atoms with Crippen molar-refractivity contribution in [1.82, 2.24) is 20.2 Å². The smallest absolute Gasteiger partial charge is 0.337 e. The number of hydrogen-bond acceptors (Lipinski definition) is 6. The second-order valence-electron chi connectivity index (χ2n) is 7.58. The van der Waals surface area contributed by atoms with E-state index in [4.69, 9.17) is 16.3 Å². The molecule has 2 heterocycles. The lowest BCUT2D eigenvalue weighted by molar-refractivity contribution is -0.130. The maximum absolute atomic E-state index is 12.7. The van der Waals surface area contributed by atoms with Crippen molar-refractivity contribution in [3.8, 4) is 0 Å². The number of esters is 1. The number of carbonyl (C=O) groups is 3. The second-order valence-corrected chi connectivity index (χ2v) is 7.94. The van der Waals surface area contributed by atoms with Gasteiger partial charge in [0.2, 0.25) is 5.91 Å². The van der Waals surface area contributed by atoms with Crippen molar-refractivity contribution in [2.24, 2.45) is 0 Å². The summed E-state index contributed by atoms with van der Waals surface area (Å²) < 4.78 is 10.2. The Labute approximate surface area is 197 Å². The van der Waals surface area contributed by atoms with Crippen molar-refractivity contribution in [2.45, 2.75) is 31.9 Å². The van der Waals surface area contributed by atoms with Crippen LogP contribution in [0.15, 0.2) is 30.3 Å². The van der Waals surface area contributed by atoms with Gasteiger partial charge in [0.15, 0.2) is 11.0 Å². The van der Waals surface area contributed by atoms with Crippen molar-refractivity contribution in [2.75, 3.05) is 27.3 Å². The number of aryl methyl sites for hydroxylation is 1. The molecule has 33 heavy (non-hydrogen) atoms. The molecule has 176 valence electrons. The third-order valence-corrected chi connectivity index (χ3v) is 5.85. The average molecular weight is 475 g/mol. The summed E-state index contributed by atoms with van der Waals surface area (Å²) in [4.78, 5) is 45.4. The fraction of sp³-hybridized carbons (Fsp3) is 0.391. The molecule has 0 bridgehead atoms. The number of hydrogen-bond donors (Lipinski definition) is 2. The Kier molecular flexibility index (Phi) is 8.24. The molecule has 0 aliphatic carbocycles. The van der Waals surface area contributed by atoms with Crippen LogP contribution in [0.2, 0.25) is 5.15 Å². The molecule has 0 saturated carbocycles. The van der Waals surface area contributed by atoms with Crippen molar-refractivity contribution in [3.63, 3.8) is 0 Å². The maximum Gasteiger partial charge on any atom is 0.337 e. The highest BCUT2D eigenvalue weighted by Crippen LogP contribution is 2.17. The molecule has 0 spiro atoms. The fourth-order valence-electron chi connectivity index (χ4n) is 3.61.